The van der Waals surface area contributed by atoms with Crippen molar-refractivity contribution in [1.82, 2.24) is 0 Å². The van der Waals surface area contributed by atoms with Gasteiger partial charge >= 0.3 is 0 Å². The third-order valence-corrected chi connectivity index (χ3v) is 4.35. The van der Waals surface area contributed by atoms with Crippen molar-refractivity contribution in [2.24, 2.45) is 0 Å². The van der Waals surface area contributed by atoms with E-state index in [2.05, 4.69) is 26.6 Å². The van der Waals surface area contributed by atoms with Crippen LogP contribution < -0.4 is 15.4 Å². The Hall–Kier alpha value is -2.79. The lowest BCUT2D eigenvalue weighted by Crippen LogP contribution is -2.14. The zero-order valence-electron chi connectivity index (χ0n) is 15.0. The van der Waals surface area contributed by atoms with Gasteiger partial charge in [-0.2, -0.15) is 0 Å². The topological polar surface area (TPSA) is 50.4 Å². The molecule has 0 aliphatic carbocycles. The highest BCUT2D eigenvalue weighted by molar-refractivity contribution is 9.10. The summed E-state index contributed by atoms with van der Waals surface area (Å²) in [4.78, 5) is 12.7. The number of para-hydroxylation sites is 1. The number of nitrogens with one attached hydrogen (secondary N) is 2. The fourth-order valence-corrected chi connectivity index (χ4v) is 2.90. The van der Waals surface area contributed by atoms with E-state index >= 15 is 0 Å². The summed E-state index contributed by atoms with van der Waals surface area (Å²) in [6, 6.07) is 23.0. The van der Waals surface area contributed by atoms with Crippen molar-refractivity contribution >= 4 is 38.9 Å². The quantitative estimate of drug-likeness (QED) is 0.472. The van der Waals surface area contributed by atoms with E-state index in [4.69, 9.17) is 4.74 Å². The summed E-state index contributed by atoms with van der Waals surface area (Å²) >= 11 is 3.42. The zero-order chi connectivity index (χ0) is 19.1. The number of rotatable bonds is 7. The molecule has 0 aliphatic heterocycles. The second kappa shape index (κ2) is 9.24. The van der Waals surface area contributed by atoms with Crippen molar-refractivity contribution in [3.05, 3.63) is 82.8 Å². The third-order valence-electron chi connectivity index (χ3n) is 3.85. The van der Waals surface area contributed by atoms with Crippen LogP contribution in [0, 0.1) is 0 Å². The molecule has 1 amide bonds. The van der Waals surface area contributed by atoms with Gasteiger partial charge in [0.25, 0.3) is 5.91 Å². The Kier molecular flexibility index (Phi) is 6.49. The first-order chi connectivity index (χ1) is 13.2. The molecule has 3 aromatic carbocycles. The highest BCUT2D eigenvalue weighted by Crippen LogP contribution is 2.25. The highest BCUT2D eigenvalue weighted by atomic mass is 79.9. The van der Waals surface area contributed by atoms with Crippen LogP contribution in [0.25, 0.3) is 0 Å². The molecule has 0 heterocycles. The predicted octanol–water partition coefficient (Wildman–Crippen LogP) is 6.23. The summed E-state index contributed by atoms with van der Waals surface area (Å²) in [6.07, 6.45) is 0.882. The molecule has 0 bridgehead atoms. The molecule has 27 heavy (non-hydrogen) atoms. The second-order valence-electron chi connectivity index (χ2n) is 6.01. The number of amides is 1. The molecular formula is C22H21BrN2O2. The molecule has 2 N–H and O–H groups in total. The van der Waals surface area contributed by atoms with Crippen LogP contribution >= 0.6 is 15.9 Å². The first-order valence-electron chi connectivity index (χ1n) is 8.81. The van der Waals surface area contributed by atoms with Crippen molar-refractivity contribution in [2.75, 3.05) is 17.2 Å². The van der Waals surface area contributed by atoms with E-state index in [0.717, 1.165) is 28.0 Å². The SMILES string of the molecule is CCCOc1ccc(Br)cc1C(=O)Nc1ccc(Nc2ccccc2)cc1. The number of benzene rings is 3. The van der Waals surface area contributed by atoms with Gasteiger partial charge in [0.1, 0.15) is 5.75 Å². The van der Waals surface area contributed by atoms with E-state index in [0.29, 0.717) is 17.9 Å². The summed E-state index contributed by atoms with van der Waals surface area (Å²) in [5.41, 5.74) is 3.19. The molecular weight excluding hydrogens is 404 g/mol. The number of hydrogen-bond donors (Lipinski definition) is 2. The summed E-state index contributed by atoms with van der Waals surface area (Å²) in [7, 11) is 0. The minimum atomic E-state index is -0.203. The lowest BCUT2D eigenvalue weighted by molar-refractivity contribution is 0.102. The number of carbonyl (C=O) groups is 1. The molecule has 0 aromatic heterocycles. The maximum Gasteiger partial charge on any atom is 0.259 e. The number of carbonyl (C=O) groups excluding carboxylic acids is 1. The van der Waals surface area contributed by atoms with Gasteiger partial charge in [0.05, 0.1) is 12.2 Å². The molecule has 0 spiro atoms. The van der Waals surface area contributed by atoms with Crippen LogP contribution in [0.15, 0.2) is 77.3 Å². The van der Waals surface area contributed by atoms with Crippen molar-refractivity contribution in [3.63, 3.8) is 0 Å². The number of halogens is 1. The first kappa shape index (κ1) is 19.0. The molecule has 0 saturated carbocycles. The fourth-order valence-electron chi connectivity index (χ4n) is 2.54. The van der Waals surface area contributed by atoms with Crippen molar-refractivity contribution in [1.29, 1.82) is 0 Å². The van der Waals surface area contributed by atoms with Crippen LogP contribution in [0.2, 0.25) is 0 Å². The largest absolute Gasteiger partial charge is 0.493 e. The average molecular weight is 425 g/mol. The zero-order valence-corrected chi connectivity index (χ0v) is 16.6. The highest BCUT2D eigenvalue weighted by Gasteiger charge is 2.13. The molecule has 3 rings (SSSR count). The van der Waals surface area contributed by atoms with Gasteiger partial charge < -0.3 is 15.4 Å². The molecule has 0 unspecified atom stereocenters. The van der Waals surface area contributed by atoms with Gasteiger partial charge in [-0.05, 0) is 61.0 Å². The van der Waals surface area contributed by atoms with E-state index in [1.807, 2.05) is 73.7 Å². The first-order valence-corrected chi connectivity index (χ1v) is 9.61. The number of anilines is 3. The van der Waals surface area contributed by atoms with E-state index in [-0.39, 0.29) is 5.91 Å². The van der Waals surface area contributed by atoms with Crippen LogP contribution in [0.4, 0.5) is 17.1 Å². The minimum Gasteiger partial charge on any atom is -0.493 e. The van der Waals surface area contributed by atoms with E-state index in [9.17, 15) is 4.79 Å². The minimum absolute atomic E-state index is 0.203. The van der Waals surface area contributed by atoms with Crippen LogP contribution in [0.5, 0.6) is 5.75 Å². The van der Waals surface area contributed by atoms with Crippen LogP contribution in [-0.4, -0.2) is 12.5 Å². The summed E-state index contributed by atoms with van der Waals surface area (Å²) in [5.74, 6) is 0.381. The van der Waals surface area contributed by atoms with E-state index in [1.54, 1.807) is 6.07 Å². The smallest absolute Gasteiger partial charge is 0.259 e. The van der Waals surface area contributed by atoms with Gasteiger partial charge in [0, 0.05) is 21.5 Å². The Morgan fingerprint density at radius 3 is 2.30 bits per heavy atom. The van der Waals surface area contributed by atoms with Gasteiger partial charge in [-0.1, -0.05) is 41.1 Å². The Morgan fingerprint density at radius 2 is 1.59 bits per heavy atom. The normalized spacial score (nSPS) is 10.3. The second-order valence-corrected chi connectivity index (χ2v) is 6.93. The van der Waals surface area contributed by atoms with Crippen LogP contribution in [0.3, 0.4) is 0 Å². The van der Waals surface area contributed by atoms with E-state index < -0.39 is 0 Å². The molecule has 5 heteroatoms. The van der Waals surface area contributed by atoms with Crippen molar-refractivity contribution in [2.45, 2.75) is 13.3 Å². The van der Waals surface area contributed by atoms with Gasteiger partial charge in [0.15, 0.2) is 0 Å². The average Bonchev–Trinajstić information content (AvgIpc) is 2.69. The molecule has 3 aromatic rings. The molecule has 0 atom stereocenters. The number of hydrogen-bond acceptors (Lipinski definition) is 3. The summed E-state index contributed by atoms with van der Waals surface area (Å²) < 4.78 is 6.53. The van der Waals surface area contributed by atoms with Crippen LogP contribution in [0.1, 0.15) is 23.7 Å². The van der Waals surface area contributed by atoms with Gasteiger partial charge in [0.2, 0.25) is 0 Å². The Morgan fingerprint density at radius 1 is 0.926 bits per heavy atom. The fraction of sp³-hybridized carbons (Fsp3) is 0.136. The lowest BCUT2D eigenvalue weighted by Gasteiger charge is -2.12. The third kappa shape index (κ3) is 5.34. The molecule has 0 aliphatic rings. The molecule has 0 saturated heterocycles. The van der Waals surface area contributed by atoms with Gasteiger partial charge in [-0.3, -0.25) is 4.79 Å². The predicted molar refractivity (Wildman–Crippen MR) is 114 cm³/mol. The maximum atomic E-state index is 12.7. The summed E-state index contributed by atoms with van der Waals surface area (Å²) in [6.45, 7) is 2.60. The molecule has 4 nitrogen and oxygen atoms in total. The summed E-state index contributed by atoms with van der Waals surface area (Å²) in [5, 5.41) is 6.24. The molecule has 0 fully saturated rings. The maximum absolute atomic E-state index is 12.7. The molecule has 0 radical (unpaired) electrons. The van der Waals surface area contributed by atoms with Crippen molar-refractivity contribution < 1.29 is 9.53 Å². The number of ether oxygens (including phenoxy) is 1. The lowest BCUT2D eigenvalue weighted by atomic mass is 10.1. The standard InChI is InChI=1S/C22H21BrN2O2/c1-2-14-27-21-13-8-16(23)15-20(21)22(26)25-19-11-9-18(10-12-19)24-17-6-4-3-5-7-17/h3-13,15,24H,2,14H2,1H3,(H,25,26). The van der Waals surface area contributed by atoms with Crippen LogP contribution in [-0.2, 0) is 0 Å². The van der Waals surface area contributed by atoms with Crippen molar-refractivity contribution in [3.8, 4) is 5.75 Å². The van der Waals surface area contributed by atoms with Gasteiger partial charge in [-0.15, -0.1) is 0 Å². The Bertz CT molecular complexity index is 896. The Balaban J connectivity index is 1.70. The molecule has 138 valence electrons. The Labute approximate surface area is 167 Å². The van der Waals surface area contributed by atoms with Gasteiger partial charge in [-0.25, -0.2) is 0 Å². The van der Waals surface area contributed by atoms with E-state index in [1.165, 1.54) is 0 Å². The monoisotopic (exact) mass is 424 g/mol.